The summed E-state index contributed by atoms with van der Waals surface area (Å²) in [6, 6.07) is 13.1. The van der Waals surface area contributed by atoms with E-state index in [-0.39, 0.29) is 16.5 Å². The van der Waals surface area contributed by atoms with Crippen molar-refractivity contribution in [3.05, 3.63) is 71.5 Å². The van der Waals surface area contributed by atoms with Crippen LogP contribution in [0, 0.1) is 11.3 Å². The summed E-state index contributed by atoms with van der Waals surface area (Å²) in [6.45, 7) is 3.83. The largest absolute Gasteiger partial charge is 0.480 e. The quantitative estimate of drug-likeness (QED) is 0.492. The minimum Gasteiger partial charge on any atom is -0.480 e. The van der Waals surface area contributed by atoms with Gasteiger partial charge < -0.3 is 19.6 Å². The number of carboxylic acid groups (broad SMARTS) is 1. The van der Waals surface area contributed by atoms with Gasteiger partial charge in [0, 0.05) is 13.1 Å². The van der Waals surface area contributed by atoms with Crippen LogP contribution in [-0.2, 0) is 15.7 Å². The van der Waals surface area contributed by atoms with Crippen LogP contribution in [0.15, 0.2) is 64.2 Å². The number of hydrogen-bond acceptors (Lipinski definition) is 7. The highest BCUT2D eigenvalue weighted by molar-refractivity contribution is 8.00. The van der Waals surface area contributed by atoms with Gasteiger partial charge in [-0.05, 0) is 23.8 Å². The van der Waals surface area contributed by atoms with Gasteiger partial charge in [-0.2, -0.15) is 18.4 Å². The van der Waals surface area contributed by atoms with E-state index in [0.717, 1.165) is 32.4 Å². The molecule has 1 aromatic carbocycles. The van der Waals surface area contributed by atoms with E-state index >= 15 is 0 Å². The second-order valence-electron chi connectivity index (χ2n) is 6.93. The topological polar surface area (TPSA) is 108 Å². The molecule has 0 amide bonds. The second kappa shape index (κ2) is 11.7. The fraction of sp³-hybridized carbons (Fsp3) is 0.261. The number of nitriles is 1. The second-order valence-corrected chi connectivity index (χ2v) is 8.03. The number of carboxylic acids is 1. The Hall–Kier alpha value is -3.33. The average Bonchev–Trinajstić information content (AvgIpc) is 3.38. The smallest absolute Gasteiger partial charge is 0.417 e. The number of ether oxygens (including phenoxy) is 1. The Morgan fingerprint density at radius 2 is 1.88 bits per heavy atom. The van der Waals surface area contributed by atoms with Crippen LogP contribution in [0.25, 0.3) is 11.5 Å². The van der Waals surface area contributed by atoms with Gasteiger partial charge in [0.15, 0.2) is 5.76 Å². The maximum absolute atomic E-state index is 13.5. The van der Waals surface area contributed by atoms with Crippen LogP contribution >= 0.6 is 11.8 Å². The molecule has 0 saturated carbocycles. The monoisotopic (exact) mass is 491 g/mol. The number of thioether (sulfide) groups is 1. The lowest BCUT2D eigenvalue weighted by Crippen LogP contribution is -2.30. The maximum atomic E-state index is 13.5. The van der Waals surface area contributed by atoms with Crippen molar-refractivity contribution in [2.75, 3.05) is 26.3 Å². The molecule has 7 nitrogen and oxygen atoms in total. The summed E-state index contributed by atoms with van der Waals surface area (Å²) in [7, 11) is 0. The molecule has 1 aliphatic heterocycles. The first-order valence-electron chi connectivity index (χ1n) is 10.1. The molecule has 1 unspecified atom stereocenters. The van der Waals surface area contributed by atoms with E-state index in [0.29, 0.717) is 17.3 Å². The number of nitrogens with zero attached hydrogens (tertiary/aromatic N) is 2. The van der Waals surface area contributed by atoms with Crippen LogP contribution in [0.3, 0.4) is 0 Å². The van der Waals surface area contributed by atoms with Gasteiger partial charge in [0.1, 0.15) is 22.0 Å². The Morgan fingerprint density at radius 3 is 2.35 bits per heavy atom. The van der Waals surface area contributed by atoms with Crippen molar-refractivity contribution >= 4 is 17.7 Å². The Kier molecular flexibility index (Phi) is 8.70. The predicted molar refractivity (Wildman–Crippen MR) is 118 cm³/mol. The van der Waals surface area contributed by atoms with E-state index in [4.69, 9.17) is 9.15 Å². The number of pyridine rings is 1. The SMILES string of the molecule is C1COCCN1.N#Cc1c(C(F)(F)F)cc(-c2ccco2)nc1SC(C(=O)O)c1ccccc1. The first-order valence-corrected chi connectivity index (χ1v) is 11.0. The molecule has 4 rings (SSSR count). The Balaban J connectivity index is 0.000000469. The van der Waals surface area contributed by atoms with Crippen molar-refractivity contribution in [1.29, 1.82) is 5.26 Å². The molecule has 3 aromatic rings. The Labute approximate surface area is 197 Å². The molecule has 11 heteroatoms. The number of morpholine rings is 1. The number of aliphatic carboxylic acids is 1. The summed E-state index contributed by atoms with van der Waals surface area (Å²) in [5, 5.41) is 20.5. The summed E-state index contributed by atoms with van der Waals surface area (Å²) < 4.78 is 50.7. The summed E-state index contributed by atoms with van der Waals surface area (Å²) in [5.74, 6) is -1.19. The van der Waals surface area contributed by atoms with E-state index < -0.39 is 28.5 Å². The van der Waals surface area contributed by atoms with E-state index in [1.165, 1.54) is 24.5 Å². The molecular weight excluding hydrogens is 471 g/mol. The molecule has 34 heavy (non-hydrogen) atoms. The zero-order valence-electron chi connectivity index (χ0n) is 17.7. The molecule has 0 radical (unpaired) electrons. The lowest BCUT2D eigenvalue weighted by atomic mass is 10.1. The van der Waals surface area contributed by atoms with E-state index in [9.17, 15) is 28.3 Å². The van der Waals surface area contributed by atoms with Gasteiger partial charge in [-0.15, -0.1) is 0 Å². The third-order valence-electron chi connectivity index (χ3n) is 4.58. The summed E-state index contributed by atoms with van der Waals surface area (Å²) in [6.07, 6.45) is -3.55. The number of carbonyl (C=O) groups is 1. The van der Waals surface area contributed by atoms with Crippen molar-refractivity contribution in [2.45, 2.75) is 16.5 Å². The Morgan fingerprint density at radius 1 is 1.18 bits per heavy atom. The molecular formula is C23H20F3N3O4S. The molecule has 3 heterocycles. The molecule has 0 spiro atoms. The van der Waals surface area contributed by atoms with Gasteiger partial charge in [-0.1, -0.05) is 42.1 Å². The van der Waals surface area contributed by atoms with Crippen molar-refractivity contribution in [2.24, 2.45) is 0 Å². The lowest BCUT2D eigenvalue weighted by Gasteiger charge is -2.16. The van der Waals surface area contributed by atoms with E-state index in [1.54, 1.807) is 30.3 Å². The number of benzene rings is 1. The highest BCUT2D eigenvalue weighted by Gasteiger charge is 2.37. The van der Waals surface area contributed by atoms with Gasteiger partial charge in [-0.25, -0.2) is 4.98 Å². The molecule has 2 N–H and O–H groups in total. The number of furan rings is 1. The fourth-order valence-electron chi connectivity index (χ4n) is 3.01. The van der Waals surface area contributed by atoms with Crippen molar-refractivity contribution in [1.82, 2.24) is 10.3 Å². The van der Waals surface area contributed by atoms with Crippen molar-refractivity contribution in [3.63, 3.8) is 0 Å². The van der Waals surface area contributed by atoms with Crippen LogP contribution in [0.1, 0.15) is 21.9 Å². The number of nitrogens with one attached hydrogen (secondary N) is 1. The van der Waals surface area contributed by atoms with Crippen LogP contribution in [-0.4, -0.2) is 42.4 Å². The molecule has 0 aliphatic carbocycles. The molecule has 178 valence electrons. The first-order chi connectivity index (χ1) is 16.3. The van der Waals surface area contributed by atoms with Crippen LogP contribution < -0.4 is 5.32 Å². The number of aromatic nitrogens is 1. The molecule has 1 fully saturated rings. The summed E-state index contributed by atoms with van der Waals surface area (Å²) in [4.78, 5) is 15.8. The van der Waals surface area contributed by atoms with Crippen molar-refractivity contribution < 1.29 is 32.2 Å². The molecule has 1 aliphatic rings. The molecule has 1 saturated heterocycles. The fourth-order valence-corrected chi connectivity index (χ4v) is 4.05. The zero-order valence-corrected chi connectivity index (χ0v) is 18.5. The number of halogens is 3. The number of rotatable bonds is 5. The number of alkyl halides is 3. The summed E-state index contributed by atoms with van der Waals surface area (Å²) in [5.41, 5.74) is -1.70. The third kappa shape index (κ3) is 6.60. The zero-order chi connectivity index (χ0) is 24.6. The predicted octanol–water partition coefficient (Wildman–Crippen LogP) is 4.76. The molecule has 1 atom stereocenters. The Bertz CT molecular complexity index is 1120. The van der Waals surface area contributed by atoms with Gasteiger partial charge in [0.25, 0.3) is 0 Å². The van der Waals surface area contributed by atoms with E-state index in [1.807, 2.05) is 0 Å². The first kappa shape index (κ1) is 25.3. The highest BCUT2D eigenvalue weighted by atomic mass is 32.2. The third-order valence-corrected chi connectivity index (χ3v) is 5.81. The normalized spacial score (nSPS) is 14.4. The van der Waals surface area contributed by atoms with Crippen LogP contribution in [0.4, 0.5) is 13.2 Å². The van der Waals surface area contributed by atoms with Gasteiger partial charge in [-0.3, -0.25) is 4.79 Å². The average molecular weight is 491 g/mol. The van der Waals surface area contributed by atoms with Crippen LogP contribution in [0.5, 0.6) is 0 Å². The van der Waals surface area contributed by atoms with E-state index in [2.05, 4.69) is 10.3 Å². The number of hydrogen-bond donors (Lipinski definition) is 2. The van der Waals surface area contributed by atoms with Crippen LogP contribution in [0.2, 0.25) is 0 Å². The standard InChI is InChI=1S/C19H11F3N2O3S.C4H9NO/c20-19(21,22)13-9-14(15-7-4-8-27-15)24-17(12(13)10-23)28-16(18(25)26)11-5-2-1-3-6-11;1-3-6-4-2-5-1/h1-9,16H,(H,25,26);5H,1-4H2. The maximum Gasteiger partial charge on any atom is 0.417 e. The van der Waals surface area contributed by atoms with Gasteiger partial charge >= 0.3 is 12.1 Å². The molecule has 2 aromatic heterocycles. The minimum atomic E-state index is -4.82. The molecule has 0 bridgehead atoms. The highest BCUT2D eigenvalue weighted by Crippen LogP contribution is 2.42. The summed E-state index contributed by atoms with van der Waals surface area (Å²) >= 11 is 0.568. The van der Waals surface area contributed by atoms with Crippen molar-refractivity contribution in [3.8, 4) is 17.5 Å². The van der Waals surface area contributed by atoms with Gasteiger partial charge in [0.05, 0.1) is 30.6 Å². The van der Waals surface area contributed by atoms with Gasteiger partial charge in [0.2, 0.25) is 0 Å². The lowest BCUT2D eigenvalue weighted by molar-refractivity contribution is -0.138. The minimum absolute atomic E-state index is 0.0726.